The first-order valence-electron chi connectivity index (χ1n) is 12.0. The normalized spacial score (nSPS) is 12.4. The van der Waals surface area contributed by atoms with Gasteiger partial charge < -0.3 is 21.5 Å². The number of anilines is 2. The van der Waals surface area contributed by atoms with Gasteiger partial charge in [-0.25, -0.2) is 15.0 Å². The third kappa shape index (κ3) is 6.76. The molecule has 1 amide bonds. The van der Waals surface area contributed by atoms with Gasteiger partial charge in [-0.05, 0) is 30.2 Å². The molecule has 11 heteroatoms. The van der Waals surface area contributed by atoms with Gasteiger partial charge in [0, 0.05) is 36.0 Å². The number of hydrogen-bond donors (Lipinski definition) is 4. The van der Waals surface area contributed by atoms with Gasteiger partial charge in [0.05, 0.1) is 41.9 Å². The van der Waals surface area contributed by atoms with Crippen molar-refractivity contribution in [3.63, 3.8) is 0 Å². The summed E-state index contributed by atoms with van der Waals surface area (Å²) in [4.78, 5) is 26.6. The molecular formula is C26H32N8O2S. The summed E-state index contributed by atoms with van der Waals surface area (Å²) in [6.45, 7) is 8.99. The molecule has 1 aromatic carbocycles. The Morgan fingerprint density at radius 1 is 1.22 bits per heavy atom. The van der Waals surface area contributed by atoms with Crippen molar-refractivity contribution in [1.29, 1.82) is 0 Å². The van der Waals surface area contributed by atoms with E-state index < -0.39 is 0 Å². The van der Waals surface area contributed by atoms with Crippen molar-refractivity contribution in [2.75, 3.05) is 11.9 Å². The number of aromatic nitrogens is 5. The topological polar surface area (TPSA) is 144 Å². The Morgan fingerprint density at radius 2 is 2.03 bits per heavy atom. The van der Waals surface area contributed by atoms with E-state index in [1.165, 1.54) is 11.3 Å². The van der Waals surface area contributed by atoms with Crippen LogP contribution in [0.5, 0.6) is 0 Å². The lowest BCUT2D eigenvalue weighted by atomic mass is 9.98. The first-order valence-corrected chi connectivity index (χ1v) is 12.8. The van der Waals surface area contributed by atoms with Crippen LogP contribution in [0.4, 0.5) is 11.6 Å². The van der Waals surface area contributed by atoms with Crippen molar-refractivity contribution in [1.82, 2.24) is 30.0 Å². The lowest BCUT2D eigenvalue weighted by molar-refractivity contribution is 0.0954. The monoisotopic (exact) mass is 520 g/mol. The van der Waals surface area contributed by atoms with Crippen molar-refractivity contribution in [2.45, 2.75) is 52.2 Å². The van der Waals surface area contributed by atoms with Crippen molar-refractivity contribution in [3.8, 4) is 11.3 Å². The van der Waals surface area contributed by atoms with E-state index in [-0.39, 0.29) is 24.0 Å². The van der Waals surface area contributed by atoms with Crippen molar-refractivity contribution in [3.05, 3.63) is 70.1 Å². The maximum atomic E-state index is 12.6. The summed E-state index contributed by atoms with van der Waals surface area (Å²) >= 11 is 1.43. The van der Waals surface area contributed by atoms with E-state index in [1.54, 1.807) is 29.5 Å². The summed E-state index contributed by atoms with van der Waals surface area (Å²) in [6, 6.07) is 7.51. The second kappa shape index (κ2) is 11.2. The van der Waals surface area contributed by atoms with Crippen LogP contribution < -0.4 is 16.4 Å². The highest BCUT2D eigenvalue weighted by atomic mass is 32.1. The number of hydrogen-bond acceptors (Lipinski definition) is 9. The van der Waals surface area contributed by atoms with E-state index in [1.807, 2.05) is 31.2 Å². The van der Waals surface area contributed by atoms with Gasteiger partial charge in [-0.15, -0.1) is 11.3 Å². The average molecular weight is 521 g/mol. The molecule has 37 heavy (non-hydrogen) atoms. The lowest BCUT2D eigenvalue weighted by Crippen LogP contribution is -2.29. The van der Waals surface area contributed by atoms with Gasteiger partial charge in [0.1, 0.15) is 4.88 Å². The molecule has 1 atom stereocenters. The fourth-order valence-corrected chi connectivity index (χ4v) is 4.47. The predicted octanol–water partition coefficient (Wildman–Crippen LogP) is 3.40. The number of aliphatic hydroxyl groups excluding tert-OH is 1. The number of carbonyl (C=O) groups excluding carboxylic acids is 1. The number of nitrogens with two attached hydrogens (primary N) is 1. The summed E-state index contributed by atoms with van der Waals surface area (Å²) < 4.78 is 1.66. The molecule has 4 aromatic rings. The average Bonchev–Trinajstić information content (AvgIpc) is 3.53. The zero-order chi connectivity index (χ0) is 26.6. The molecule has 194 valence electrons. The Hall–Kier alpha value is -3.67. The predicted molar refractivity (Wildman–Crippen MR) is 145 cm³/mol. The number of nitrogens with one attached hydrogen (secondary N) is 2. The molecule has 0 fully saturated rings. The maximum absolute atomic E-state index is 12.6. The summed E-state index contributed by atoms with van der Waals surface area (Å²) in [5, 5.41) is 20.4. The highest BCUT2D eigenvalue weighted by Gasteiger charge is 2.20. The van der Waals surface area contributed by atoms with Crippen LogP contribution >= 0.6 is 11.3 Å². The maximum Gasteiger partial charge on any atom is 0.263 e. The molecule has 0 aliphatic heterocycles. The van der Waals surface area contributed by atoms with Gasteiger partial charge in [0.25, 0.3) is 5.91 Å². The third-order valence-electron chi connectivity index (χ3n) is 5.65. The number of thiazole rings is 1. The fraction of sp³-hybridized carbons (Fsp3) is 0.346. The second-order valence-electron chi connectivity index (χ2n) is 9.89. The highest BCUT2D eigenvalue weighted by Crippen LogP contribution is 2.27. The van der Waals surface area contributed by atoms with Gasteiger partial charge >= 0.3 is 0 Å². The number of rotatable bonds is 9. The summed E-state index contributed by atoms with van der Waals surface area (Å²) in [7, 11) is 0. The SMILES string of the molecule is Cc1cc(-c2ccnc(Nc3cnn(C[C@@H](N)CO)c3)n2)ccc1CNC(=O)c1cnc(C(C)(C)C)s1. The number of nitrogens with zero attached hydrogens (tertiary/aromatic N) is 5. The summed E-state index contributed by atoms with van der Waals surface area (Å²) in [5.74, 6) is 0.321. The van der Waals surface area contributed by atoms with Crippen LogP contribution in [-0.4, -0.2) is 48.4 Å². The van der Waals surface area contributed by atoms with Crippen LogP contribution in [0.15, 0.2) is 49.1 Å². The number of carbonyl (C=O) groups is 1. The second-order valence-corrected chi connectivity index (χ2v) is 10.9. The van der Waals surface area contributed by atoms with E-state index in [2.05, 4.69) is 51.5 Å². The summed E-state index contributed by atoms with van der Waals surface area (Å²) in [5.41, 5.74) is 10.2. The van der Waals surface area contributed by atoms with Gasteiger partial charge in [0.2, 0.25) is 5.95 Å². The molecule has 10 nitrogen and oxygen atoms in total. The van der Waals surface area contributed by atoms with Crippen LogP contribution in [0, 0.1) is 6.92 Å². The third-order valence-corrected chi connectivity index (χ3v) is 7.07. The number of benzene rings is 1. The van der Waals surface area contributed by atoms with Crippen molar-refractivity contribution >= 4 is 28.9 Å². The molecule has 5 N–H and O–H groups in total. The molecular weight excluding hydrogens is 488 g/mol. The molecule has 0 unspecified atom stereocenters. The molecule has 3 aromatic heterocycles. The van der Waals surface area contributed by atoms with E-state index in [0.29, 0.717) is 23.9 Å². The largest absolute Gasteiger partial charge is 0.395 e. The smallest absolute Gasteiger partial charge is 0.263 e. The van der Waals surface area contributed by atoms with Crippen LogP contribution in [-0.2, 0) is 18.5 Å². The van der Waals surface area contributed by atoms with Crippen LogP contribution in [0.3, 0.4) is 0 Å². The van der Waals surface area contributed by atoms with Gasteiger partial charge in [-0.2, -0.15) is 5.10 Å². The van der Waals surface area contributed by atoms with Crippen LogP contribution in [0.1, 0.15) is 46.6 Å². The number of amides is 1. The van der Waals surface area contributed by atoms with E-state index in [9.17, 15) is 4.79 Å². The lowest BCUT2D eigenvalue weighted by Gasteiger charge is -2.13. The Labute approximate surface area is 220 Å². The minimum absolute atomic E-state index is 0.0809. The highest BCUT2D eigenvalue weighted by molar-refractivity contribution is 7.13. The molecule has 0 bridgehead atoms. The van der Waals surface area contributed by atoms with E-state index in [4.69, 9.17) is 10.8 Å². The van der Waals surface area contributed by atoms with Gasteiger partial charge in [-0.1, -0.05) is 32.9 Å². The van der Waals surface area contributed by atoms with Gasteiger partial charge in [-0.3, -0.25) is 9.48 Å². The minimum Gasteiger partial charge on any atom is -0.395 e. The molecule has 4 rings (SSSR count). The Balaban J connectivity index is 1.40. The van der Waals surface area contributed by atoms with Crippen LogP contribution in [0.2, 0.25) is 0 Å². The quantitative estimate of drug-likeness (QED) is 0.263. The number of aliphatic hydroxyl groups is 1. The Kier molecular flexibility index (Phi) is 7.96. The van der Waals surface area contributed by atoms with E-state index in [0.717, 1.165) is 33.1 Å². The molecule has 0 aliphatic rings. The van der Waals surface area contributed by atoms with E-state index >= 15 is 0 Å². The minimum atomic E-state index is -0.374. The molecule has 3 heterocycles. The Bertz CT molecular complexity index is 1370. The first-order chi connectivity index (χ1) is 17.6. The van der Waals surface area contributed by atoms with Gasteiger partial charge in [0.15, 0.2) is 0 Å². The van der Waals surface area contributed by atoms with Crippen LogP contribution in [0.25, 0.3) is 11.3 Å². The molecule has 0 aliphatic carbocycles. The number of aryl methyl sites for hydroxylation is 1. The summed E-state index contributed by atoms with van der Waals surface area (Å²) in [6.07, 6.45) is 6.78. The fourth-order valence-electron chi connectivity index (χ4n) is 3.58. The molecule has 0 radical (unpaired) electrons. The van der Waals surface area contributed by atoms with Crippen molar-refractivity contribution < 1.29 is 9.90 Å². The molecule has 0 saturated heterocycles. The zero-order valence-corrected chi connectivity index (χ0v) is 22.2. The molecule has 0 saturated carbocycles. The molecule has 0 spiro atoms. The first kappa shape index (κ1) is 26.4. The Morgan fingerprint density at radius 3 is 2.73 bits per heavy atom. The zero-order valence-electron chi connectivity index (χ0n) is 21.4. The standard InChI is InChI=1S/C26H32N8O2S/c1-16-9-17(5-6-18(16)10-29-23(36)22-12-30-24(37-22)26(2,3)4)21-7-8-28-25(33-21)32-20-11-31-34(14-20)13-19(27)15-35/h5-9,11-12,14,19,35H,10,13,15,27H2,1-4H3,(H,29,36)(H,28,32,33)/t19-/m1/s1. The van der Waals surface area contributed by atoms with Crippen molar-refractivity contribution in [2.24, 2.45) is 5.73 Å².